The third-order valence-corrected chi connectivity index (χ3v) is 8.91. The number of hydrogen-bond acceptors (Lipinski definition) is 3. The molecule has 6 rings (SSSR count). The molecular formula is C27H23FN2O3S. The second-order valence-electron chi connectivity index (χ2n) is 9.22. The Kier molecular flexibility index (Phi) is 4.93. The highest BCUT2D eigenvalue weighted by Crippen LogP contribution is 2.41. The third kappa shape index (κ3) is 3.47. The Bertz CT molecular complexity index is 1580. The van der Waals surface area contributed by atoms with Crippen molar-refractivity contribution in [1.29, 1.82) is 0 Å². The molecular weight excluding hydrogens is 451 g/mol. The molecule has 0 unspecified atom stereocenters. The summed E-state index contributed by atoms with van der Waals surface area (Å²) in [7, 11) is -3.76. The average Bonchev–Trinajstić information content (AvgIpc) is 2.84. The van der Waals surface area contributed by atoms with Crippen LogP contribution in [-0.2, 0) is 16.6 Å². The standard InChI is InChI=1S/C27H23FN2O3S/c28-23-7-9-24(10-8-23)34(32,33)29-15-18-13-22(17-29)27-25(11-12-26(31)30(27)16-18)21-6-5-19-3-1-2-4-20(19)14-21/h1-12,14,18,22H,13,15-17H2/t18-,22-/m0/s1. The summed E-state index contributed by atoms with van der Waals surface area (Å²) in [5, 5.41) is 2.25. The highest BCUT2D eigenvalue weighted by atomic mass is 32.2. The van der Waals surface area contributed by atoms with Crippen LogP contribution in [-0.4, -0.2) is 30.4 Å². The molecule has 2 bridgehead atoms. The van der Waals surface area contributed by atoms with Crippen molar-refractivity contribution in [2.24, 2.45) is 5.92 Å². The first-order valence-electron chi connectivity index (χ1n) is 11.4. The quantitative estimate of drug-likeness (QED) is 0.436. The third-order valence-electron chi connectivity index (χ3n) is 7.07. The summed E-state index contributed by atoms with van der Waals surface area (Å²) in [6.07, 6.45) is 0.833. The highest BCUT2D eigenvalue weighted by Gasteiger charge is 2.40. The maximum Gasteiger partial charge on any atom is 0.250 e. The van der Waals surface area contributed by atoms with Crippen LogP contribution in [0.15, 0.2) is 88.6 Å². The second-order valence-corrected chi connectivity index (χ2v) is 11.2. The van der Waals surface area contributed by atoms with Gasteiger partial charge in [-0.1, -0.05) is 36.4 Å². The van der Waals surface area contributed by atoms with Crippen LogP contribution in [0.25, 0.3) is 21.9 Å². The Balaban J connectivity index is 1.43. The van der Waals surface area contributed by atoms with E-state index in [4.69, 9.17) is 0 Å². The van der Waals surface area contributed by atoms with E-state index in [1.54, 1.807) is 6.07 Å². The van der Waals surface area contributed by atoms with Crippen molar-refractivity contribution in [2.45, 2.75) is 23.8 Å². The number of benzene rings is 3. The van der Waals surface area contributed by atoms with Gasteiger partial charge < -0.3 is 4.57 Å². The van der Waals surface area contributed by atoms with Gasteiger partial charge in [-0.2, -0.15) is 4.31 Å². The van der Waals surface area contributed by atoms with Crippen molar-refractivity contribution in [1.82, 2.24) is 8.87 Å². The van der Waals surface area contributed by atoms with Gasteiger partial charge in [-0.05, 0) is 65.1 Å². The first kappa shape index (κ1) is 21.3. The number of pyridine rings is 1. The van der Waals surface area contributed by atoms with Crippen molar-refractivity contribution in [3.05, 3.63) is 101 Å². The normalized spacial score (nSPS) is 20.3. The van der Waals surface area contributed by atoms with Crippen LogP contribution in [0.1, 0.15) is 18.0 Å². The zero-order valence-corrected chi connectivity index (χ0v) is 19.2. The van der Waals surface area contributed by atoms with Gasteiger partial charge in [-0.3, -0.25) is 4.79 Å². The topological polar surface area (TPSA) is 59.4 Å². The van der Waals surface area contributed by atoms with Crippen LogP contribution in [0.3, 0.4) is 0 Å². The largest absolute Gasteiger partial charge is 0.311 e. The van der Waals surface area contributed by atoms with Gasteiger partial charge in [0.2, 0.25) is 10.0 Å². The zero-order chi connectivity index (χ0) is 23.4. The second kappa shape index (κ2) is 7.89. The summed E-state index contributed by atoms with van der Waals surface area (Å²) in [5.74, 6) is -0.521. The van der Waals surface area contributed by atoms with Crippen molar-refractivity contribution < 1.29 is 12.8 Å². The highest BCUT2D eigenvalue weighted by molar-refractivity contribution is 7.89. The molecule has 0 N–H and O–H groups in total. The maximum absolute atomic E-state index is 13.4. The molecule has 0 amide bonds. The number of sulfonamides is 1. The first-order chi connectivity index (χ1) is 16.4. The van der Waals surface area contributed by atoms with Gasteiger partial charge in [0, 0.05) is 42.9 Å². The molecule has 0 saturated carbocycles. The van der Waals surface area contributed by atoms with Gasteiger partial charge in [0.25, 0.3) is 5.56 Å². The fourth-order valence-corrected chi connectivity index (χ4v) is 7.09. The van der Waals surface area contributed by atoms with E-state index in [1.807, 2.05) is 22.8 Å². The molecule has 7 heteroatoms. The van der Waals surface area contributed by atoms with E-state index >= 15 is 0 Å². The number of rotatable bonds is 3. The molecule has 0 spiro atoms. The first-order valence-corrected chi connectivity index (χ1v) is 12.8. The minimum atomic E-state index is -3.76. The molecule has 5 nitrogen and oxygen atoms in total. The number of hydrogen-bond donors (Lipinski definition) is 0. The lowest BCUT2D eigenvalue weighted by atomic mass is 9.81. The monoisotopic (exact) mass is 474 g/mol. The fraction of sp³-hybridized carbons (Fsp3) is 0.222. The van der Waals surface area contributed by atoms with Crippen LogP contribution < -0.4 is 5.56 Å². The van der Waals surface area contributed by atoms with E-state index in [2.05, 4.69) is 30.3 Å². The molecule has 2 aliphatic rings. The number of nitrogens with zero attached hydrogens (tertiary/aromatic N) is 2. The Labute approximate surface area is 197 Å². The number of aromatic nitrogens is 1. The van der Waals surface area contributed by atoms with Gasteiger partial charge in [0.1, 0.15) is 5.82 Å². The molecule has 0 radical (unpaired) electrons. The van der Waals surface area contributed by atoms with Gasteiger partial charge in [0.05, 0.1) is 4.90 Å². The summed E-state index contributed by atoms with van der Waals surface area (Å²) in [4.78, 5) is 12.9. The fourth-order valence-electron chi connectivity index (χ4n) is 5.52. The van der Waals surface area contributed by atoms with Gasteiger partial charge in [-0.15, -0.1) is 0 Å². The Hall–Kier alpha value is -3.29. The summed E-state index contributed by atoms with van der Waals surface area (Å²) in [6.45, 7) is 1.13. The van der Waals surface area contributed by atoms with E-state index in [0.29, 0.717) is 19.6 Å². The predicted octanol–water partition coefficient (Wildman–Crippen LogP) is 4.62. The minimum absolute atomic E-state index is 0.0472. The minimum Gasteiger partial charge on any atom is -0.311 e. The molecule has 2 atom stereocenters. The Morgan fingerprint density at radius 2 is 1.59 bits per heavy atom. The van der Waals surface area contributed by atoms with E-state index in [9.17, 15) is 17.6 Å². The SMILES string of the molecule is O=c1ccc(-c2ccc3ccccc3c2)c2n1C[C@H]1C[C@H]2CN(S(=O)(=O)c2ccc(F)cc2)C1. The van der Waals surface area contributed by atoms with E-state index < -0.39 is 15.8 Å². The van der Waals surface area contributed by atoms with Crippen molar-refractivity contribution in [2.75, 3.05) is 13.1 Å². The van der Waals surface area contributed by atoms with Crippen molar-refractivity contribution in [3.8, 4) is 11.1 Å². The molecule has 172 valence electrons. The lowest BCUT2D eigenvalue weighted by Crippen LogP contribution is -2.49. The molecule has 0 aliphatic carbocycles. The van der Waals surface area contributed by atoms with Crippen LogP contribution in [0.5, 0.6) is 0 Å². The predicted molar refractivity (Wildman–Crippen MR) is 130 cm³/mol. The lowest BCUT2D eigenvalue weighted by molar-refractivity contribution is 0.187. The summed E-state index contributed by atoms with van der Waals surface area (Å²) in [5.41, 5.74) is 2.83. The molecule has 4 aromatic rings. The van der Waals surface area contributed by atoms with Gasteiger partial charge >= 0.3 is 0 Å². The number of fused-ring (bicyclic) bond motifs is 5. The summed E-state index contributed by atoms with van der Waals surface area (Å²) < 4.78 is 43.4. The van der Waals surface area contributed by atoms with Crippen LogP contribution in [0.4, 0.5) is 4.39 Å². The zero-order valence-electron chi connectivity index (χ0n) is 18.4. The number of piperidine rings is 1. The molecule has 1 aromatic heterocycles. The van der Waals surface area contributed by atoms with Crippen molar-refractivity contribution >= 4 is 20.8 Å². The molecule has 1 saturated heterocycles. The molecule has 3 aromatic carbocycles. The lowest BCUT2D eigenvalue weighted by Gasteiger charge is -2.42. The smallest absolute Gasteiger partial charge is 0.250 e. The average molecular weight is 475 g/mol. The molecule has 2 aliphatic heterocycles. The van der Waals surface area contributed by atoms with Gasteiger partial charge in [-0.25, -0.2) is 12.8 Å². The molecule has 1 fully saturated rings. The van der Waals surface area contributed by atoms with Crippen molar-refractivity contribution in [3.63, 3.8) is 0 Å². The Morgan fingerprint density at radius 1 is 0.824 bits per heavy atom. The van der Waals surface area contributed by atoms with E-state index in [-0.39, 0.29) is 22.3 Å². The molecule has 3 heterocycles. The Morgan fingerprint density at radius 3 is 2.38 bits per heavy atom. The van der Waals surface area contributed by atoms with E-state index in [1.165, 1.54) is 28.6 Å². The summed E-state index contributed by atoms with van der Waals surface area (Å²) in [6, 6.07) is 22.8. The van der Waals surface area contributed by atoms with Crippen LogP contribution in [0.2, 0.25) is 0 Å². The summed E-state index contributed by atoms with van der Waals surface area (Å²) >= 11 is 0. The van der Waals surface area contributed by atoms with Crippen LogP contribution >= 0.6 is 0 Å². The molecule has 34 heavy (non-hydrogen) atoms. The van der Waals surface area contributed by atoms with Gasteiger partial charge in [0.15, 0.2) is 0 Å². The number of halogens is 1. The van der Waals surface area contributed by atoms with Crippen LogP contribution in [0, 0.1) is 11.7 Å². The van der Waals surface area contributed by atoms with E-state index in [0.717, 1.165) is 34.0 Å². The maximum atomic E-state index is 13.4.